The molecule has 1 aromatic heterocycles. The zero-order chi connectivity index (χ0) is 32.4. The Bertz CT molecular complexity index is 2450. The maximum Gasteiger partial charge on any atom is 0.160 e. The summed E-state index contributed by atoms with van der Waals surface area (Å²) in [6, 6.07) is 65.4. The topological polar surface area (TPSA) is 25.8 Å². The van der Waals surface area contributed by atoms with E-state index in [1.54, 1.807) is 0 Å². The minimum absolute atomic E-state index is 0.367. The van der Waals surface area contributed by atoms with E-state index in [0.717, 1.165) is 33.9 Å². The molecule has 0 fully saturated rings. The molecule has 228 valence electrons. The van der Waals surface area contributed by atoms with Crippen LogP contribution in [0.25, 0.3) is 67.3 Å². The highest BCUT2D eigenvalue weighted by molar-refractivity contribution is 6.00. The van der Waals surface area contributed by atoms with Gasteiger partial charge in [0.2, 0.25) is 0 Å². The Hall–Kier alpha value is -6.38. The normalized spacial score (nSPS) is 13.1. The Morgan fingerprint density at radius 1 is 0.306 bits per heavy atom. The molecule has 2 heteroatoms. The number of rotatable bonds is 4. The third kappa shape index (κ3) is 4.07. The zero-order valence-electron chi connectivity index (χ0n) is 26.7. The highest BCUT2D eigenvalue weighted by Gasteiger charge is 2.51. The number of fused-ring (bicyclic) bond motifs is 10. The molecule has 0 aliphatic heterocycles. The first-order valence-corrected chi connectivity index (χ1v) is 16.8. The second kappa shape index (κ2) is 10.8. The second-order valence-electron chi connectivity index (χ2n) is 12.9. The SMILES string of the molecule is c1ccc(-c2cc(-c3cccc(-c4cccc5c4-c4ccccc4C54c5ccccc5-c5ccccc54)c3)nc(-c3ccccc3)n2)cc1. The van der Waals surface area contributed by atoms with Crippen LogP contribution in [0.4, 0.5) is 0 Å². The Labute approximate surface area is 286 Å². The van der Waals surface area contributed by atoms with Crippen molar-refractivity contribution in [3.8, 4) is 67.3 Å². The summed E-state index contributed by atoms with van der Waals surface area (Å²) in [4.78, 5) is 10.2. The van der Waals surface area contributed by atoms with Gasteiger partial charge >= 0.3 is 0 Å². The summed E-state index contributed by atoms with van der Waals surface area (Å²) < 4.78 is 0. The maximum atomic E-state index is 5.14. The van der Waals surface area contributed by atoms with Crippen LogP contribution in [0.5, 0.6) is 0 Å². The molecule has 1 spiro atoms. The Balaban J connectivity index is 1.19. The largest absolute Gasteiger partial charge is 0.228 e. The molecule has 10 rings (SSSR count). The summed E-state index contributed by atoms with van der Waals surface area (Å²) in [6.07, 6.45) is 0. The van der Waals surface area contributed by atoms with Gasteiger partial charge < -0.3 is 0 Å². The lowest BCUT2D eigenvalue weighted by molar-refractivity contribution is 0.794. The van der Waals surface area contributed by atoms with Gasteiger partial charge in [0, 0.05) is 16.7 Å². The predicted octanol–water partition coefficient (Wildman–Crippen LogP) is 11.5. The summed E-state index contributed by atoms with van der Waals surface area (Å²) in [5.74, 6) is 0.720. The van der Waals surface area contributed by atoms with Gasteiger partial charge in [0.1, 0.15) is 0 Å². The van der Waals surface area contributed by atoms with E-state index in [2.05, 4.69) is 158 Å². The van der Waals surface area contributed by atoms with Crippen LogP contribution in [0.3, 0.4) is 0 Å². The third-order valence-electron chi connectivity index (χ3n) is 10.3. The van der Waals surface area contributed by atoms with Gasteiger partial charge in [-0.3, -0.25) is 0 Å². The van der Waals surface area contributed by atoms with Crippen LogP contribution in [0.15, 0.2) is 182 Å². The fourth-order valence-corrected chi connectivity index (χ4v) is 8.30. The van der Waals surface area contributed by atoms with Crippen molar-refractivity contribution < 1.29 is 0 Å². The molecule has 2 nitrogen and oxygen atoms in total. The van der Waals surface area contributed by atoms with Gasteiger partial charge in [-0.1, -0.05) is 170 Å². The monoisotopic (exact) mass is 622 g/mol. The number of aromatic nitrogens is 2. The van der Waals surface area contributed by atoms with Gasteiger partial charge in [0.25, 0.3) is 0 Å². The van der Waals surface area contributed by atoms with Gasteiger partial charge in [-0.15, -0.1) is 0 Å². The standard InChI is InChI=1S/C47H30N2/c1-3-15-31(16-4-1)43-30-44(49-46(48-43)32-17-5-2-6-18-32)34-20-13-19-33(29-34)35-24-14-28-42-45(35)38-23-9-12-27-41(38)47(42)39-25-10-7-21-36(39)37-22-8-11-26-40(37)47/h1-30H. The molecule has 2 aliphatic rings. The van der Waals surface area contributed by atoms with E-state index in [0.29, 0.717) is 0 Å². The molecule has 8 aromatic rings. The van der Waals surface area contributed by atoms with Crippen LogP contribution in [0.2, 0.25) is 0 Å². The van der Waals surface area contributed by atoms with Crippen LogP contribution >= 0.6 is 0 Å². The van der Waals surface area contributed by atoms with Gasteiger partial charge in [-0.2, -0.15) is 0 Å². The summed E-state index contributed by atoms with van der Waals surface area (Å²) in [5.41, 5.74) is 17.6. The highest BCUT2D eigenvalue weighted by Crippen LogP contribution is 2.63. The molecule has 0 unspecified atom stereocenters. The van der Waals surface area contributed by atoms with Crippen molar-refractivity contribution in [1.82, 2.24) is 9.97 Å². The molecule has 7 aromatic carbocycles. The van der Waals surface area contributed by atoms with E-state index in [9.17, 15) is 0 Å². The molecule has 0 bridgehead atoms. The summed E-state index contributed by atoms with van der Waals surface area (Å²) in [7, 11) is 0. The van der Waals surface area contributed by atoms with Crippen molar-refractivity contribution in [2.45, 2.75) is 5.41 Å². The average Bonchev–Trinajstić information content (AvgIpc) is 3.66. The van der Waals surface area contributed by atoms with Crippen molar-refractivity contribution in [2.24, 2.45) is 0 Å². The van der Waals surface area contributed by atoms with Gasteiger partial charge in [0.05, 0.1) is 16.8 Å². The molecule has 0 saturated carbocycles. The number of benzene rings is 7. The molecule has 0 amide bonds. The van der Waals surface area contributed by atoms with Crippen LogP contribution in [0, 0.1) is 0 Å². The Morgan fingerprint density at radius 3 is 1.43 bits per heavy atom. The zero-order valence-corrected chi connectivity index (χ0v) is 26.7. The van der Waals surface area contributed by atoms with Crippen molar-refractivity contribution >= 4 is 0 Å². The average molecular weight is 623 g/mol. The first kappa shape index (κ1) is 27.7. The smallest absolute Gasteiger partial charge is 0.160 e. The maximum absolute atomic E-state index is 5.14. The summed E-state index contributed by atoms with van der Waals surface area (Å²) >= 11 is 0. The Morgan fingerprint density at radius 2 is 0.755 bits per heavy atom. The van der Waals surface area contributed by atoms with E-state index >= 15 is 0 Å². The van der Waals surface area contributed by atoms with Crippen molar-refractivity contribution in [3.63, 3.8) is 0 Å². The van der Waals surface area contributed by atoms with Gasteiger partial charge in [0.15, 0.2) is 5.82 Å². The first-order chi connectivity index (χ1) is 24.3. The van der Waals surface area contributed by atoms with E-state index in [-0.39, 0.29) is 5.41 Å². The first-order valence-electron chi connectivity index (χ1n) is 16.8. The Kier molecular flexibility index (Phi) is 6.13. The summed E-state index contributed by atoms with van der Waals surface area (Å²) in [6.45, 7) is 0. The third-order valence-corrected chi connectivity index (χ3v) is 10.3. The lowest BCUT2D eigenvalue weighted by Crippen LogP contribution is -2.25. The molecular weight excluding hydrogens is 593 g/mol. The predicted molar refractivity (Wildman–Crippen MR) is 200 cm³/mol. The van der Waals surface area contributed by atoms with E-state index in [1.165, 1.54) is 55.6 Å². The summed E-state index contributed by atoms with van der Waals surface area (Å²) in [5, 5.41) is 0. The molecule has 0 atom stereocenters. The van der Waals surface area contributed by atoms with Crippen molar-refractivity contribution in [1.29, 1.82) is 0 Å². The van der Waals surface area contributed by atoms with Crippen LogP contribution in [-0.2, 0) is 5.41 Å². The lowest BCUT2D eigenvalue weighted by Gasteiger charge is -2.30. The fourth-order valence-electron chi connectivity index (χ4n) is 8.30. The molecule has 1 heterocycles. The number of hydrogen-bond acceptors (Lipinski definition) is 2. The molecular formula is C47H30N2. The van der Waals surface area contributed by atoms with Gasteiger partial charge in [-0.25, -0.2) is 9.97 Å². The van der Waals surface area contributed by atoms with Gasteiger partial charge in [-0.05, 0) is 67.8 Å². The van der Waals surface area contributed by atoms with Crippen molar-refractivity contribution in [3.05, 3.63) is 204 Å². The quantitative estimate of drug-likeness (QED) is 0.195. The minimum atomic E-state index is -0.367. The minimum Gasteiger partial charge on any atom is -0.228 e. The number of hydrogen-bond donors (Lipinski definition) is 0. The van der Waals surface area contributed by atoms with Crippen molar-refractivity contribution in [2.75, 3.05) is 0 Å². The van der Waals surface area contributed by atoms with E-state index in [4.69, 9.17) is 9.97 Å². The molecule has 49 heavy (non-hydrogen) atoms. The fraction of sp³-hybridized carbons (Fsp3) is 0.0213. The van der Waals surface area contributed by atoms with E-state index < -0.39 is 0 Å². The van der Waals surface area contributed by atoms with Crippen LogP contribution in [-0.4, -0.2) is 9.97 Å². The van der Waals surface area contributed by atoms with E-state index in [1.807, 2.05) is 24.3 Å². The molecule has 0 saturated heterocycles. The van der Waals surface area contributed by atoms with Crippen LogP contribution < -0.4 is 0 Å². The molecule has 0 N–H and O–H groups in total. The molecule has 0 radical (unpaired) electrons. The number of nitrogens with zero attached hydrogens (tertiary/aromatic N) is 2. The van der Waals surface area contributed by atoms with Crippen LogP contribution in [0.1, 0.15) is 22.3 Å². The molecule has 2 aliphatic carbocycles. The second-order valence-corrected chi connectivity index (χ2v) is 12.9. The lowest BCUT2D eigenvalue weighted by atomic mass is 9.70. The highest BCUT2D eigenvalue weighted by atomic mass is 14.9.